The molecule has 7 rings (SSSR count). The van der Waals surface area contributed by atoms with Crippen LogP contribution in [0, 0.1) is 50.7 Å². The SMILES string of the molecule is CCO[C@@H]([C@H]1C[C@@H](C)[C@H]2[C@H](O1)[C@H](O)[C@@]1(C)C3CC[C@H]4C(C)(C)[C@@H](OC(=O)NC5COC5)CCC45CC35CCC21C)C(C)(C)O. The molecule has 7 fully saturated rings. The lowest BCUT2D eigenvalue weighted by Gasteiger charge is -2.63. The summed E-state index contributed by atoms with van der Waals surface area (Å²) in [6.45, 7) is 19.2. The Labute approximate surface area is 264 Å². The van der Waals surface area contributed by atoms with Crippen molar-refractivity contribution in [3.8, 4) is 0 Å². The van der Waals surface area contributed by atoms with Crippen LogP contribution in [0.4, 0.5) is 4.79 Å². The van der Waals surface area contributed by atoms with Crippen LogP contribution >= 0.6 is 0 Å². The number of fused-ring (bicyclic) bond motifs is 4. The molecule has 7 aliphatic rings. The number of aliphatic hydroxyl groups is 2. The second-order valence-electron chi connectivity index (χ2n) is 17.9. The van der Waals surface area contributed by atoms with Crippen LogP contribution in [0.1, 0.15) is 107 Å². The average Bonchev–Trinajstić information content (AvgIpc) is 3.55. The summed E-state index contributed by atoms with van der Waals surface area (Å²) in [6, 6.07) is 0.0728. The van der Waals surface area contributed by atoms with Crippen molar-refractivity contribution in [1.29, 1.82) is 0 Å². The van der Waals surface area contributed by atoms with E-state index in [1.165, 1.54) is 12.8 Å². The lowest BCUT2D eigenvalue weighted by atomic mass is 9.41. The zero-order valence-corrected chi connectivity index (χ0v) is 28.5. The molecule has 2 heterocycles. The molecule has 8 heteroatoms. The molecule has 250 valence electrons. The summed E-state index contributed by atoms with van der Waals surface area (Å²) in [5.41, 5.74) is -0.858. The summed E-state index contributed by atoms with van der Waals surface area (Å²) in [4.78, 5) is 12.8. The maximum absolute atomic E-state index is 12.8. The van der Waals surface area contributed by atoms with Gasteiger partial charge in [0, 0.05) is 17.4 Å². The third-order valence-corrected chi connectivity index (χ3v) is 15.4. The van der Waals surface area contributed by atoms with Gasteiger partial charge in [-0.25, -0.2) is 4.79 Å². The molecule has 8 nitrogen and oxygen atoms in total. The number of carbonyl (C=O) groups is 1. The van der Waals surface area contributed by atoms with Crippen LogP contribution in [-0.2, 0) is 18.9 Å². The predicted molar refractivity (Wildman–Crippen MR) is 166 cm³/mol. The van der Waals surface area contributed by atoms with Crippen molar-refractivity contribution >= 4 is 6.09 Å². The first kappa shape index (κ1) is 31.7. The molecule has 3 N–H and O–H groups in total. The highest BCUT2D eigenvalue weighted by Gasteiger charge is 2.84. The standard InChI is InChI=1S/C36H59NO7/c1-9-42-29(32(5,6)40)22-16-20(2)26-27(43-22)28(38)34(8)24-11-10-23-31(3,4)25(44-30(39)37-21-17-41-18-21)12-13-35(23)19-36(24,35)15-14-33(26,34)7/h20-29,38,40H,9-19H2,1-8H3,(H,37,39)/t20-,22-,23+,24?,25+,26+,27+,28+,29+,33?,34-,35?,36?/m1/s1. The van der Waals surface area contributed by atoms with E-state index in [9.17, 15) is 15.0 Å². The lowest BCUT2D eigenvalue weighted by molar-refractivity contribution is -0.215. The van der Waals surface area contributed by atoms with Gasteiger partial charge in [0.15, 0.2) is 0 Å². The Bertz CT molecular complexity index is 1150. The van der Waals surface area contributed by atoms with Crippen LogP contribution in [-0.4, -0.2) is 78.3 Å². The minimum absolute atomic E-state index is 0.0109. The first-order valence-electron chi connectivity index (χ1n) is 17.8. The topological polar surface area (TPSA) is 106 Å². The fraction of sp³-hybridized carbons (Fsp3) is 0.972. The largest absolute Gasteiger partial charge is 0.446 e. The Kier molecular flexibility index (Phi) is 7.22. The molecule has 2 aliphatic heterocycles. The molecule has 0 radical (unpaired) electrons. The molecular formula is C36H59NO7. The van der Waals surface area contributed by atoms with E-state index in [-0.39, 0.29) is 63.4 Å². The molecule has 0 bridgehead atoms. The Morgan fingerprint density at radius 3 is 2.36 bits per heavy atom. The molecule has 4 unspecified atom stereocenters. The molecule has 5 saturated carbocycles. The Balaban J connectivity index is 1.14. The third kappa shape index (κ3) is 4.02. The van der Waals surface area contributed by atoms with E-state index in [1.807, 2.05) is 20.8 Å². The first-order valence-corrected chi connectivity index (χ1v) is 17.8. The van der Waals surface area contributed by atoms with Crippen LogP contribution in [0.25, 0.3) is 0 Å². The Morgan fingerprint density at radius 1 is 1.05 bits per heavy atom. The van der Waals surface area contributed by atoms with E-state index >= 15 is 0 Å². The zero-order valence-electron chi connectivity index (χ0n) is 28.5. The van der Waals surface area contributed by atoms with Gasteiger partial charge in [0.25, 0.3) is 0 Å². The second kappa shape index (κ2) is 10.0. The van der Waals surface area contributed by atoms with Gasteiger partial charge in [-0.3, -0.25) is 0 Å². The number of rotatable bonds is 6. The maximum atomic E-state index is 12.8. The zero-order chi connectivity index (χ0) is 31.7. The van der Waals surface area contributed by atoms with Crippen LogP contribution in [0.5, 0.6) is 0 Å². The number of aliphatic hydroxyl groups excluding tert-OH is 1. The fourth-order valence-corrected chi connectivity index (χ4v) is 13.3. The number of hydrogen-bond donors (Lipinski definition) is 3. The number of amides is 1. The van der Waals surface area contributed by atoms with E-state index in [0.717, 1.165) is 38.5 Å². The highest BCUT2D eigenvalue weighted by atomic mass is 16.6. The third-order valence-electron chi connectivity index (χ3n) is 15.4. The van der Waals surface area contributed by atoms with Crippen molar-refractivity contribution in [3.05, 3.63) is 0 Å². The van der Waals surface area contributed by atoms with E-state index in [1.54, 1.807) is 0 Å². The highest BCUT2D eigenvalue weighted by Crippen LogP contribution is 2.89. The second-order valence-corrected chi connectivity index (χ2v) is 17.9. The summed E-state index contributed by atoms with van der Waals surface area (Å²) >= 11 is 0. The van der Waals surface area contributed by atoms with Gasteiger partial charge in [-0.2, -0.15) is 0 Å². The average molecular weight is 618 g/mol. The fourth-order valence-electron chi connectivity index (χ4n) is 13.3. The van der Waals surface area contributed by atoms with Crippen molar-refractivity contribution < 1.29 is 34.0 Å². The summed E-state index contributed by atoms with van der Waals surface area (Å²) in [6.07, 6.45) is 6.84. The van der Waals surface area contributed by atoms with Gasteiger partial charge in [-0.1, -0.05) is 34.6 Å². The van der Waals surface area contributed by atoms with Crippen molar-refractivity contribution in [3.63, 3.8) is 0 Å². The van der Waals surface area contributed by atoms with Crippen molar-refractivity contribution in [2.24, 2.45) is 50.7 Å². The maximum Gasteiger partial charge on any atom is 0.407 e. The van der Waals surface area contributed by atoms with Gasteiger partial charge < -0.3 is 34.5 Å². The molecule has 44 heavy (non-hydrogen) atoms. The molecule has 0 aromatic rings. The van der Waals surface area contributed by atoms with E-state index in [2.05, 4.69) is 39.9 Å². The summed E-state index contributed by atoms with van der Waals surface area (Å²) < 4.78 is 24.4. The van der Waals surface area contributed by atoms with E-state index < -0.39 is 17.8 Å². The van der Waals surface area contributed by atoms with E-state index in [0.29, 0.717) is 37.6 Å². The van der Waals surface area contributed by atoms with Gasteiger partial charge in [-0.05, 0) is 112 Å². The normalized spacial score (nSPS) is 51.4. The number of carbonyl (C=O) groups excluding carboxylic acids is 1. The van der Waals surface area contributed by atoms with Gasteiger partial charge in [0.05, 0.1) is 43.2 Å². The quantitative estimate of drug-likeness (QED) is 0.363. The molecular weight excluding hydrogens is 558 g/mol. The Hall–Kier alpha value is -0.930. The monoisotopic (exact) mass is 617 g/mol. The van der Waals surface area contributed by atoms with Crippen LogP contribution < -0.4 is 5.32 Å². The number of alkyl carbamates (subject to hydrolysis) is 1. The predicted octanol–water partition coefficient (Wildman–Crippen LogP) is 5.47. The summed E-state index contributed by atoms with van der Waals surface area (Å²) in [5.74, 6) is 1.62. The number of hydrogen-bond acceptors (Lipinski definition) is 7. The van der Waals surface area contributed by atoms with Crippen LogP contribution in [0.2, 0.25) is 0 Å². The van der Waals surface area contributed by atoms with Gasteiger partial charge >= 0.3 is 6.09 Å². The molecule has 0 aromatic carbocycles. The molecule has 5 aliphatic carbocycles. The lowest BCUT2D eigenvalue weighted by Crippen LogP contribution is -2.60. The molecule has 1 amide bonds. The molecule has 13 atom stereocenters. The van der Waals surface area contributed by atoms with Crippen LogP contribution in [0.3, 0.4) is 0 Å². The smallest absolute Gasteiger partial charge is 0.407 e. The van der Waals surface area contributed by atoms with Gasteiger partial charge in [0.1, 0.15) is 12.2 Å². The van der Waals surface area contributed by atoms with Crippen molar-refractivity contribution in [1.82, 2.24) is 5.32 Å². The number of ether oxygens (including phenoxy) is 4. The Morgan fingerprint density at radius 2 is 1.73 bits per heavy atom. The minimum atomic E-state index is -1.03. The first-order chi connectivity index (χ1) is 20.6. The van der Waals surface area contributed by atoms with Crippen LogP contribution in [0.15, 0.2) is 0 Å². The van der Waals surface area contributed by atoms with Crippen molar-refractivity contribution in [2.45, 2.75) is 149 Å². The number of nitrogens with one attached hydrogen (secondary N) is 1. The molecule has 2 spiro atoms. The molecule has 2 saturated heterocycles. The minimum Gasteiger partial charge on any atom is -0.446 e. The van der Waals surface area contributed by atoms with Gasteiger partial charge in [-0.15, -0.1) is 0 Å². The molecule has 0 aromatic heterocycles. The van der Waals surface area contributed by atoms with E-state index in [4.69, 9.17) is 18.9 Å². The van der Waals surface area contributed by atoms with Crippen molar-refractivity contribution in [2.75, 3.05) is 19.8 Å². The summed E-state index contributed by atoms with van der Waals surface area (Å²) in [7, 11) is 0. The highest BCUT2D eigenvalue weighted by molar-refractivity contribution is 5.68. The van der Waals surface area contributed by atoms with Gasteiger partial charge in [0.2, 0.25) is 0 Å². The summed E-state index contributed by atoms with van der Waals surface area (Å²) in [5, 5.41) is 26.5.